The number of alkyl carbamates (subject to hydrolysis) is 1. The fourth-order valence-electron chi connectivity index (χ4n) is 5.76. The molecule has 5 amide bonds. The standard InChI is InChI=1S/C38H49N7O5S2/c1-26(2)35-42-31(24-51-35)22-45(3)37(48)44-33(16-17-41-36(39)47)34(46)20-29(18-27-10-6-4-7-11-27)14-15-30(19-28-12-8-5-9-13-28)43-38(49)50-23-32-21-40-25-52-32/h4-13,21,24-26,29-30,33H,14-20,22-23H2,1-3H3,(H,43,49)(H,44,48)(H3,39,41,47). The van der Waals surface area contributed by atoms with Gasteiger partial charge in [0.2, 0.25) is 0 Å². The number of primary amides is 1. The van der Waals surface area contributed by atoms with Gasteiger partial charge in [-0.2, -0.15) is 0 Å². The first-order chi connectivity index (χ1) is 25.0. The summed E-state index contributed by atoms with van der Waals surface area (Å²) in [4.78, 5) is 62.8. The van der Waals surface area contributed by atoms with Crippen LogP contribution in [0.5, 0.6) is 0 Å². The first-order valence-electron chi connectivity index (χ1n) is 17.5. The van der Waals surface area contributed by atoms with Crippen molar-refractivity contribution in [3.05, 3.63) is 104 Å². The van der Waals surface area contributed by atoms with E-state index >= 15 is 0 Å². The molecule has 3 unspecified atom stereocenters. The molecule has 4 aromatic rings. The van der Waals surface area contributed by atoms with Crippen molar-refractivity contribution in [2.24, 2.45) is 11.7 Å². The number of carbonyl (C=O) groups excluding carboxylic acids is 4. The van der Waals surface area contributed by atoms with Gasteiger partial charge >= 0.3 is 18.2 Å². The third-order valence-corrected chi connectivity index (χ3v) is 10.4. The number of hydrogen-bond donors (Lipinski definition) is 4. The summed E-state index contributed by atoms with van der Waals surface area (Å²) in [6.45, 7) is 4.68. The van der Waals surface area contributed by atoms with Crippen LogP contribution in [0, 0.1) is 5.92 Å². The van der Waals surface area contributed by atoms with E-state index in [1.54, 1.807) is 30.1 Å². The molecule has 0 bridgehead atoms. The Morgan fingerprint density at radius 1 is 0.904 bits per heavy atom. The molecule has 278 valence electrons. The zero-order chi connectivity index (χ0) is 37.3. The van der Waals surface area contributed by atoms with E-state index in [4.69, 9.17) is 10.5 Å². The first kappa shape index (κ1) is 40.0. The summed E-state index contributed by atoms with van der Waals surface area (Å²) in [5.74, 6) is 0.0315. The van der Waals surface area contributed by atoms with Crippen LogP contribution in [0.2, 0.25) is 0 Å². The second kappa shape index (κ2) is 20.9. The molecule has 0 fully saturated rings. The Bertz CT molecular complexity index is 1690. The van der Waals surface area contributed by atoms with Gasteiger partial charge in [0.05, 0.1) is 33.7 Å². The number of nitrogens with zero attached hydrogens (tertiary/aromatic N) is 3. The highest BCUT2D eigenvalue weighted by Crippen LogP contribution is 2.23. The number of hydrogen-bond acceptors (Lipinski definition) is 9. The number of thiazole rings is 2. The van der Waals surface area contributed by atoms with Crippen molar-refractivity contribution in [2.45, 2.75) is 83.5 Å². The summed E-state index contributed by atoms with van der Waals surface area (Å²) >= 11 is 2.97. The van der Waals surface area contributed by atoms with Gasteiger partial charge in [0.1, 0.15) is 6.61 Å². The zero-order valence-electron chi connectivity index (χ0n) is 30.0. The number of ether oxygens (including phenoxy) is 1. The molecule has 14 heteroatoms. The maximum atomic E-state index is 14.0. The van der Waals surface area contributed by atoms with Crippen LogP contribution in [0.1, 0.15) is 72.2 Å². The van der Waals surface area contributed by atoms with Crippen LogP contribution in [-0.4, -0.2) is 64.5 Å². The smallest absolute Gasteiger partial charge is 0.407 e. The fraction of sp³-hybridized carbons (Fsp3) is 0.421. The molecule has 0 saturated heterocycles. The van der Waals surface area contributed by atoms with Crippen molar-refractivity contribution < 1.29 is 23.9 Å². The Morgan fingerprint density at radius 3 is 2.21 bits per heavy atom. The molecule has 0 aliphatic carbocycles. The highest BCUT2D eigenvalue weighted by Gasteiger charge is 2.27. The Hall–Kier alpha value is -4.82. The number of benzene rings is 2. The van der Waals surface area contributed by atoms with Gasteiger partial charge < -0.3 is 31.3 Å². The summed E-state index contributed by atoms with van der Waals surface area (Å²) in [7, 11) is 1.66. The number of aromatic nitrogens is 2. The van der Waals surface area contributed by atoms with Gasteiger partial charge in [-0.3, -0.25) is 9.78 Å². The number of urea groups is 2. The van der Waals surface area contributed by atoms with E-state index < -0.39 is 24.2 Å². The van der Waals surface area contributed by atoms with Crippen LogP contribution in [0.25, 0.3) is 0 Å². The SMILES string of the molecule is CC(C)c1nc(CN(C)C(=O)NC(CCNC(N)=O)C(=O)CC(CCC(Cc2ccccc2)NC(=O)OCc2cncs2)Cc2ccccc2)cs1. The van der Waals surface area contributed by atoms with Crippen molar-refractivity contribution in [1.82, 2.24) is 30.8 Å². The average Bonchev–Trinajstić information content (AvgIpc) is 3.83. The maximum absolute atomic E-state index is 14.0. The minimum Gasteiger partial charge on any atom is -0.444 e. The number of ketones is 1. The predicted octanol–water partition coefficient (Wildman–Crippen LogP) is 6.43. The number of Topliss-reactive ketones (excluding diaryl/α,β-unsaturated/α-hetero) is 1. The number of nitrogens with one attached hydrogen (secondary N) is 3. The number of carbonyl (C=O) groups is 4. The lowest BCUT2D eigenvalue weighted by Crippen LogP contribution is -2.48. The summed E-state index contributed by atoms with van der Waals surface area (Å²) in [5.41, 5.74) is 9.92. The van der Waals surface area contributed by atoms with Crippen LogP contribution in [0.4, 0.5) is 14.4 Å². The lowest BCUT2D eigenvalue weighted by molar-refractivity contribution is -0.122. The van der Waals surface area contributed by atoms with Crippen molar-refractivity contribution in [2.75, 3.05) is 13.6 Å². The molecule has 2 aromatic carbocycles. The van der Waals surface area contributed by atoms with Crippen LogP contribution in [0.3, 0.4) is 0 Å². The van der Waals surface area contributed by atoms with Crippen molar-refractivity contribution in [3.63, 3.8) is 0 Å². The van der Waals surface area contributed by atoms with E-state index in [0.29, 0.717) is 25.7 Å². The summed E-state index contributed by atoms with van der Waals surface area (Å²) < 4.78 is 5.49. The molecule has 2 heterocycles. The van der Waals surface area contributed by atoms with Crippen LogP contribution >= 0.6 is 22.7 Å². The Labute approximate surface area is 313 Å². The lowest BCUT2D eigenvalue weighted by atomic mass is 9.86. The minimum atomic E-state index is -0.860. The van der Waals surface area contributed by atoms with E-state index in [2.05, 4.69) is 39.8 Å². The predicted molar refractivity (Wildman–Crippen MR) is 204 cm³/mol. The molecule has 3 atom stereocenters. The quantitative estimate of drug-likeness (QED) is 0.0808. The molecule has 5 N–H and O–H groups in total. The zero-order valence-corrected chi connectivity index (χ0v) is 31.6. The topological polar surface area (TPSA) is 169 Å². The van der Waals surface area contributed by atoms with Gasteiger partial charge in [-0.25, -0.2) is 19.4 Å². The molecular formula is C38H49N7O5S2. The molecule has 12 nitrogen and oxygen atoms in total. The molecule has 0 aliphatic heterocycles. The van der Waals surface area contributed by atoms with Gasteiger partial charge in [0.15, 0.2) is 5.78 Å². The highest BCUT2D eigenvalue weighted by atomic mass is 32.1. The number of amides is 5. The van der Waals surface area contributed by atoms with Crippen molar-refractivity contribution in [3.8, 4) is 0 Å². The van der Waals surface area contributed by atoms with Crippen molar-refractivity contribution >= 4 is 46.6 Å². The van der Waals surface area contributed by atoms with Gasteiger partial charge in [-0.1, -0.05) is 74.5 Å². The Kier molecular flexibility index (Phi) is 16.0. The van der Waals surface area contributed by atoms with Crippen LogP contribution < -0.4 is 21.7 Å². The van der Waals surface area contributed by atoms with Gasteiger partial charge in [-0.15, -0.1) is 22.7 Å². The highest BCUT2D eigenvalue weighted by molar-refractivity contribution is 7.09. The van der Waals surface area contributed by atoms with E-state index in [9.17, 15) is 19.2 Å². The summed E-state index contributed by atoms with van der Waals surface area (Å²) in [6.07, 6.45) is 3.93. The Balaban J connectivity index is 1.46. The van der Waals surface area contributed by atoms with E-state index in [-0.39, 0.29) is 56.2 Å². The molecule has 52 heavy (non-hydrogen) atoms. The molecule has 0 saturated carbocycles. The third kappa shape index (κ3) is 14.1. The van der Waals surface area contributed by atoms with Crippen LogP contribution in [-0.2, 0) is 35.5 Å². The monoisotopic (exact) mass is 747 g/mol. The molecule has 0 aliphatic rings. The minimum absolute atomic E-state index is 0.103. The molecular weight excluding hydrogens is 699 g/mol. The van der Waals surface area contributed by atoms with E-state index in [1.165, 1.54) is 16.2 Å². The molecule has 0 spiro atoms. The normalized spacial score (nSPS) is 12.8. The molecule has 0 radical (unpaired) electrons. The van der Waals surface area contributed by atoms with Gasteiger partial charge in [0, 0.05) is 43.5 Å². The largest absolute Gasteiger partial charge is 0.444 e. The number of rotatable bonds is 20. The second-order valence-electron chi connectivity index (χ2n) is 13.1. The van der Waals surface area contributed by atoms with Crippen LogP contribution in [0.15, 0.2) is 77.8 Å². The summed E-state index contributed by atoms with van der Waals surface area (Å²) in [5, 5.41) is 11.4. The average molecular weight is 748 g/mol. The fourth-order valence-corrected chi connectivity index (χ4v) is 7.09. The molecule has 4 rings (SSSR count). The Morgan fingerprint density at radius 2 is 1.60 bits per heavy atom. The molecule has 2 aromatic heterocycles. The second-order valence-corrected chi connectivity index (χ2v) is 15.0. The summed E-state index contributed by atoms with van der Waals surface area (Å²) in [6, 6.07) is 17.6. The maximum Gasteiger partial charge on any atom is 0.407 e. The third-order valence-electron chi connectivity index (χ3n) is 8.48. The van der Waals surface area contributed by atoms with E-state index in [1.807, 2.05) is 66.0 Å². The van der Waals surface area contributed by atoms with Gasteiger partial charge in [0.25, 0.3) is 0 Å². The first-order valence-corrected chi connectivity index (χ1v) is 19.2. The van der Waals surface area contributed by atoms with Gasteiger partial charge in [-0.05, 0) is 49.1 Å². The van der Waals surface area contributed by atoms with Crippen molar-refractivity contribution in [1.29, 1.82) is 0 Å². The van der Waals surface area contributed by atoms with E-state index in [0.717, 1.165) is 26.7 Å². The number of nitrogens with two attached hydrogens (primary N) is 1. The lowest BCUT2D eigenvalue weighted by Gasteiger charge is -2.26.